The van der Waals surface area contributed by atoms with Gasteiger partial charge in [0.2, 0.25) is 0 Å². The van der Waals surface area contributed by atoms with E-state index >= 15 is 0 Å². The molecule has 2 aliphatic heterocycles. The Morgan fingerprint density at radius 2 is 1.76 bits per heavy atom. The van der Waals surface area contributed by atoms with Gasteiger partial charge in [-0.2, -0.15) is 0 Å². The van der Waals surface area contributed by atoms with Gasteiger partial charge in [-0.05, 0) is 58.3 Å². The summed E-state index contributed by atoms with van der Waals surface area (Å²) in [6.07, 6.45) is 8.82. The molecule has 0 spiro atoms. The minimum absolute atomic E-state index is 0.0269. The van der Waals surface area contributed by atoms with Crippen molar-refractivity contribution in [3.63, 3.8) is 0 Å². The molecule has 3 rings (SSSR count). The minimum atomic E-state index is -0.0315. The first-order chi connectivity index (χ1) is 12.2. The van der Waals surface area contributed by atoms with Crippen molar-refractivity contribution in [2.45, 2.75) is 77.0 Å². The standard InChI is InChI=1S/C19H34N2O4/c1-3-24-18(22)15-8-10-16(11-9-15)25-19(20-12-4-5-13-20)21-14-6-7-17(21)23-2/h15-17,19H,3-14H2,1-2H3/t15?,16?,17-,19?/m1/s1. The van der Waals surface area contributed by atoms with Gasteiger partial charge in [-0.1, -0.05) is 0 Å². The molecule has 1 saturated carbocycles. The molecule has 3 aliphatic rings. The van der Waals surface area contributed by atoms with Crippen LogP contribution >= 0.6 is 0 Å². The molecule has 6 nitrogen and oxygen atoms in total. The van der Waals surface area contributed by atoms with Crippen LogP contribution in [0.1, 0.15) is 58.3 Å². The fourth-order valence-electron chi connectivity index (χ4n) is 4.47. The predicted molar refractivity (Wildman–Crippen MR) is 94.8 cm³/mol. The highest BCUT2D eigenvalue weighted by molar-refractivity contribution is 5.72. The maximum atomic E-state index is 11.9. The third-order valence-electron chi connectivity index (χ3n) is 5.85. The Hall–Kier alpha value is -0.690. The average molecular weight is 354 g/mol. The number of hydrogen-bond donors (Lipinski definition) is 0. The first-order valence-electron chi connectivity index (χ1n) is 10.1. The lowest BCUT2D eigenvalue weighted by molar-refractivity contribution is -0.214. The summed E-state index contributed by atoms with van der Waals surface area (Å²) in [6.45, 7) is 5.60. The predicted octanol–water partition coefficient (Wildman–Crippen LogP) is 2.57. The van der Waals surface area contributed by atoms with Gasteiger partial charge in [0.1, 0.15) is 6.23 Å². The van der Waals surface area contributed by atoms with E-state index in [1.54, 1.807) is 7.11 Å². The lowest BCUT2D eigenvalue weighted by Crippen LogP contribution is -2.53. The van der Waals surface area contributed by atoms with Crippen molar-refractivity contribution in [2.24, 2.45) is 5.92 Å². The zero-order valence-electron chi connectivity index (χ0n) is 15.8. The molecule has 0 aromatic heterocycles. The van der Waals surface area contributed by atoms with Crippen LogP contribution in [0, 0.1) is 5.92 Å². The van der Waals surface area contributed by atoms with Gasteiger partial charge in [0, 0.05) is 26.7 Å². The molecular formula is C19H34N2O4. The molecule has 2 heterocycles. The van der Waals surface area contributed by atoms with Gasteiger partial charge in [-0.25, -0.2) is 4.90 Å². The van der Waals surface area contributed by atoms with Crippen molar-refractivity contribution in [1.82, 2.24) is 9.80 Å². The molecule has 25 heavy (non-hydrogen) atoms. The number of rotatable bonds is 7. The fraction of sp³-hybridized carbons (Fsp3) is 0.947. The van der Waals surface area contributed by atoms with Crippen molar-refractivity contribution in [3.8, 4) is 0 Å². The van der Waals surface area contributed by atoms with Crippen molar-refractivity contribution in [2.75, 3.05) is 33.4 Å². The van der Waals surface area contributed by atoms with Gasteiger partial charge < -0.3 is 14.2 Å². The molecular weight excluding hydrogens is 320 g/mol. The Morgan fingerprint density at radius 3 is 2.40 bits per heavy atom. The highest BCUT2D eigenvalue weighted by Crippen LogP contribution is 2.32. The molecule has 2 atom stereocenters. The summed E-state index contributed by atoms with van der Waals surface area (Å²) in [5.41, 5.74) is 0. The lowest BCUT2D eigenvalue weighted by Gasteiger charge is -2.40. The first kappa shape index (κ1) is 19.1. The van der Waals surface area contributed by atoms with E-state index in [2.05, 4.69) is 9.80 Å². The van der Waals surface area contributed by atoms with E-state index in [9.17, 15) is 4.79 Å². The molecule has 1 aliphatic carbocycles. The Balaban J connectivity index is 1.56. The van der Waals surface area contributed by atoms with Gasteiger partial charge in [-0.3, -0.25) is 9.69 Å². The smallest absolute Gasteiger partial charge is 0.308 e. The molecule has 1 unspecified atom stereocenters. The number of carbonyl (C=O) groups excluding carboxylic acids is 1. The zero-order chi connectivity index (χ0) is 17.6. The van der Waals surface area contributed by atoms with E-state index < -0.39 is 0 Å². The summed E-state index contributed by atoms with van der Waals surface area (Å²) >= 11 is 0. The van der Waals surface area contributed by atoms with E-state index in [1.807, 2.05) is 6.92 Å². The summed E-state index contributed by atoms with van der Waals surface area (Å²) in [4.78, 5) is 16.8. The quantitative estimate of drug-likeness (QED) is 0.655. The topological polar surface area (TPSA) is 51.2 Å². The van der Waals surface area contributed by atoms with Crippen LogP contribution in [0.25, 0.3) is 0 Å². The van der Waals surface area contributed by atoms with Crippen molar-refractivity contribution < 1.29 is 19.0 Å². The van der Waals surface area contributed by atoms with Gasteiger partial charge in [0.25, 0.3) is 0 Å². The third-order valence-corrected chi connectivity index (χ3v) is 5.85. The van der Waals surface area contributed by atoms with Crippen molar-refractivity contribution >= 4 is 5.97 Å². The number of likely N-dealkylation sites (tertiary alicyclic amines) is 2. The summed E-state index contributed by atoms with van der Waals surface area (Å²) < 4.78 is 17.5. The molecule has 0 radical (unpaired) electrons. The first-order valence-corrected chi connectivity index (χ1v) is 10.1. The second-order valence-corrected chi connectivity index (χ2v) is 7.50. The minimum Gasteiger partial charge on any atom is -0.466 e. The normalized spacial score (nSPS) is 32.8. The summed E-state index contributed by atoms with van der Waals surface area (Å²) in [6, 6.07) is 0. The van der Waals surface area contributed by atoms with E-state index in [-0.39, 0.29) is 30.6 Å². The Labute approximate surface area is 151 Å². The van der Waals surface area contributed by atoms with Crippen LogP contribution in [-0.4, -0.2) is 67.8 Å². The second kappa shape index (κ2) is 9.31. The van der Waals surface area contributed by atoms with E-state index in [1.165, 1.54) is 19.3 Å². The van der Waals surface area contributed by atoms with Crippen LogP contribution in [0.5, 0.6) is 0 Å². The van der Waals surface area contributed by atoms with Crippen LogP contribution in [0.2, 0.25) is 0 Å². The fourth-order valence-corrected chi connectivity index (χ4v) is 4.47. The number of carbonyl (C=O) groups is 1. The van der Waals surface area contributed by atoms with E-state index in [0.717, 1.165) is 51.7 Å². The number of nitrogens with zero attached hydrogens (tertiary/aromatic N) is 2. The van der Waals surface area contributed by atoms with Crippen LogP contribution < -0.4 is 0 Å². The number of hydrogen-bond acceptors (Lipinski definition) is 6. The molecule has 0 aromatic carbocycles. The number of esters is 1. The maximum absolute atomic E-state index is 11.9. The molecule has 3 fully saturated rings. The van der Waals surface area contributed by atoms with Crippen LogP contribution in [-0.2, 0) is 19.0 Å². The van der Waals surface area contributed by atoms with Gasteiger partial charge in [0.05, 0.1) is 18.6 Å². The summed E-state index contributed by atoms with van der Waals surface area (Å²) in [7, 11) is 1.80. The Kier molecular flexibility index (Phi) is 7.10. The lowest BCUT2D eigenvalue weighted by atomic mass is 9.87. The Morgan fingerprint density at radius 1 is 1.04 bits per heavy atom. The summed E-state index contributed by atoms with van der Waals surface area (Å²) in [5, 5.41) is 0. The van der Waals surface area contributed by atoms with E-state index in [4.69, 9.17) is 14.2 Å². The number of ether oxygens (including phenoxy) is 3. The second-order valence-electron chi connectivity index (χ2n) is 7.50. The SMILES string of the molecule is CCOC(=O)C1CCC(OC(N2CCCC2)N2CCC[C@H]2OC)CC1. The number of methoxy groups -OCH3 is 1. The van der Waals surface area contributed by atoms with Gasteiger partial charge in [0.15, 0.2) is 6.35 Å². The highest BCUT2D eigenvalue weighted by atomic mass is 16.5. The maximum Gasteiger partial charge on any atom is 0.308 e. The van der Waals surface area contributed by atoms with Crippen molar-refractivity contribution in [3.05, 3.63) is 0 Å². The van der Waals surface area contributed by atoms with Crippen LogP contribution in [0.3, 0.4) is 0 Å². The highest BCUT2D eigenvalue weighted by Gasteiger charge is 2.38. The monoisotopic (exact) mass is 354 g/mol. The third kappa shape index (κ3) is 4.73. The van der Waals surface area contributed by atoms with Gasteiger partial charge in [-0.15, -0.1) is 0 Å². The van der Waals surface area contributed by atoms with Crippen molar-refractivity contribution in [1.29, 1.82) is 0 Å². The molecule has 0 N–H and O–H groups in total. The largest absolute Gasteiger partial charge is 0.466 e. The molecule has 6 heteroatoms. The van der Waals surface area contributed by atoms with Crippen LogP contribution in [0.15, 0.2) is 0 Å². The van der Waals surface area contributed by atoms with E-state index in [0.29, 0.717) is 6.61 Å². The van der Waals surface area contributed by atoms with Gasteiger partial charge >= 0.3 is 5.97 Å². The Bertz CT molecular complexity index is 420. The van der Waals surface area contributed by atoms with Crippen LogP contribution in [0.4, 0.5) is 0 Å². The molecule has 0 aromatic rings. The molecule has 0 amide bonds. The molecule has 2 saturated heterocycles. The molecule has 0 bridgehead atoms. The molecule has 144 valence electrons. The summed E-state index contributed by atoms with van der Waals surface area (Å²) in [5.74, 6) is 0.0274. The zero-order valence-corrected chi connectivity index (χ0v) is 15.8. The average Bonchev–Trinajstić information content (AvgIpc) is 3.32.